The maximum Gasteiger partial charge on any atom is 0.0397 e. The van der Waals surface area contributed by atoms with E-state index in [1.54, 1.807) is 0 Å². The van der Waals surface area contributed by atoms with Crippen LogP contribution in [-0.4, -0.2) is 20.1 Å². The van der Waals surface area contributed by atoms with Gasteiger partial charge in [0.05, 0.1) is 0 Å². The summed E-state index contributed by atoms with van der Waals surface area (Å²) in [7, 11) is 2.13. The van der Waals surface area contributed by atoms with Gasteiger partial charge in [-0.3, -0.25) is 0 Å². The van der Waals surface area contributed by atoms with Gasteiger partial charge >= 0.3 is 0 Å². The van der Waals surface area contributed by atoms with Crippen molar-refractivity contribution in [1.29, 1.82) is 0 Å². The number of hydrogen-bond donors (Lipinski definition) is 1. The minimum Gasteiger partial charge on any atom is -0.374 e. The highest BCUT2D eigenvalue weighted by molar-refractivity contribution is 9.10. The predicted octanol–water partition coefficient (Wildman–Crippen LogP) is 2.80. The Bertz CT molecular complexity index is 312. The lowest BCUT2D eigenvalue weighted by atomic mass is 10.1. The maximum atomic E-state index is 5.62. The van der Waals surface area contributed by atoms with Gasteiger partial charge in [-0.05, 0) is 43.1 Å². The van der Waals surface area contributed by atoms with Crippen LogP contribution in [0.25, 0.3) is 0 Å². The van der Waals surface area contributed by atoms with E-state index in [-0.39, 0.29) is 0 Å². The first-order valence-electron chi connectivity index (χ1n) is 5.38. The smallest absolute Gasteiger partial charge is 0.0397 e. The highest BCUT2D eigenvalue weighted by atomic mass is 79.9. The van der Waals surface area contributed by atoms with Gasteiger partial charge in [0, 0.05) is 23.8 Å². The van der Waals surface area contributed by atoms with E-state index < -0.39 is 0 Å². The second kappa shape index (κ2) is 6.13. The third-order valence-corrected chi connectivity index (χ3v) is 2.92. The Labute approximate surface area is 101 Å². The van der Waals surface area contributed by atoms with Crippen LogP contribution in [0.3, 0.4) is 0 Å². The molecule has 0 aliphatic carbocycles. The van der Waals surface area contributed by atoms with E-state index in [2.05, 4.69) is 53.0 Å². The largest absolute Gasteiger partial charge is 0.374 e. The molecule has 0 heterocycles. The third-order valence-electron chi connectivity index (χ3n) is 2.43. The van der Waals surface area contributed by atoms with E-state index in [0.717, 1.165) is 23.9 Å². The summed E-state index contributed by atoms with van der Waals surface area (Å²) in [4.78, 5) is 2.29. The molecule has 0 fully saturated rings. The zero-order valence-electron chi connectivity index (χ0n) is 9.46. The van der Waals surface area contributed by atoms with E-state index >= 15 is 0 Å². The molecule has 0 aliphatic heterocycles. The standard InChI is InChI=1S/C12H19BrN2/c1-3-8-15(2)12-5-4-11(13)9-10(12)6-7-14/h4-5,9H,3,6-8,14H2,1-2H3. The predicted molar refractivity (Wildman–Crippen MR) is 70.5 cm³/mol. The fourth-order valence-electron chi connectivity index (χ4n) is 1.74. The minimum atomic E-state index is 0.698. The summed E-state index contributed by atoms with van der Waals surface area (Å²) in [5, 5.41) is 0. The molecule has 0 radical (unpaired) electrons. The lowest BCUT2D eigenvalue weighted by Crippen LogP contribution is -2.20. The van der Waals surface area contributed by atoms with Crippen molar-refractivity contribution in [3.05, 3.63) is 28.2 Å². The Morgan fingerprint density at radius 1 is 1.40 bits per heavy atom. The highest BCUT2D eigenvalue weighted by Gasteiger charge is 2.06. The molecule has 0 atom stereocenters. The van der Waals surface area contributed by atoms with Gasteiger partial charge in [0.2, 0.25) is 0 Å². The molecule has 0 spiro atoms. The second-order valence-corrected chi connectivity index (χ2v) is 4.65. The molecule has 2 N–H and O–H groups in total. The fraction of sp³-hybridized carbons (Fsp3) is 0.500. The van der Waals surface area contributed by atoms with Gasteiger partial charge in [0.15, 0.2) is 0 Å². The Hall–Kier alpha value is -0.540. The van der Waals surface area contributed by atoms with Gasteiger partial charge in [-0.1, -0.05) is 22.9 Å². The number of halogens is 1. The number of nitrogens with zero attached hydrogens (tertiary/aromatic N) is 1. The van der Waals surface area contributed by atoms with Crippen molar-refractivity contribution in [3.8, 4) is 0 Å². The summed E-state index contributed by atoms with van der Waals surface area (Å²) in [6, 6.07) is 6.40. The average molecular weight is 271 g/mol. The van der Waals surface area contributed by atoms with Crippen LogP contribution >= 0.6 is 15.9 Å². The van der Waals surface area contributed by atoms with E-state index in [0.29, 0.717) is 6.54 Å². The van der Waals surface area contributed by atoms with Crippen LogP contribution in [0.15, 0.2) is 22.7 Å². The summed E-state index contributed by atoms with van der Waals surface area (Å²) >= 11 is 3.50. The molecule has 15 heavy (non-hydrogen) atoms. The Morgan fingerprint density at radius 3 is 2.73 bits per heavy atom. The number of benzene rings is 1. The van der Waals surface area contributed by atoms with Crippen molar-refractivity contribution < 1.29 is 0 Å². The lowest BCUT2D eigenvalue weighted by Gasteiger charge is -2.22. The maximum absolute atomic E-state index is 5.62. The zero-order valence-corrected chi connectivity index (χ0v) is 11.0. The van der Waals surface area contributed by atoms with Crippen molar-refractivity contribution in [1.82, 2.24) is 0 Å². The Kier molecular flexibility index (Phi) is 5.12. The second-order valence-electron chi connectivity index (χ2n) is 3.73. The molecule has 1 rings (SSSR count). The van der Waals surface area contributed by atoms with Gasteiger partial charge in [0.25, 0.3) is 0 Å². The molecule has 3 heteroatoms. The summed E-state index contributed by atoms with van der Waals surface area (Å²) < 4.78 is 1.12. The van der Waals surface area contributed by atoms with Gasteiger partial charge in [-0.2, -0.15) is 0 Å². The highest BCUT2D eigenvalue weighted by Crippen LogP contribution is 2.24. The molecule has 0 aliphatic rings. The van der Waals surface area contributed by atoms with Gasteiger partial charge in [-0.15, -0.1) is 0 Å². The summed E-state index contributed by atoms with van der Waals surface area (Å²) in [6.07, 6.45) is 2.09. The van der Waals surface area contributed by atoms with Crippen molar-refractivity contribution in [3.63, 3.8) is 0 Å². The first kappa shape index (κ1) is 12.5. The summed E-state index contributed by atoms with van der Waals surface area (Å²) in [5.41, 5.74) is 8.24. The average Bonchev–Trinajstić information content (AvgIpc) is 2.18. The number of nitrogens with two attached hydrogens (primary N) is 1. The molecule has 0 saturated carbocycles. The lowest BCUT2D eigenvalue weighted by molar-refractivity contribution is 0.840. The molecule has 0 bridgehead atoms. The van der Waals surface area contributed by atoms with Crippen LogP contribution in [-0.2, 0) is 6.42 Å². The van der Waals surface area contributed by atoms with E-state index in [1.165, 1.54) is 11.3 Å². The van der Waals surface area contributed by atoms with Crippen molar-refractivity contribution in [2.45, 2.75) is 19.8 Å². The molecule has 0 saturated heterocycles. The third kappa shape index (κ3) is 3.50. The van der Waals surface area contributed by atoms with E-state index in [1.807, 2.05) is 0 Å². The Balaban J connectivity index is 2.93. The van der Waals surface area contributed by atoms with Gasteiger partial charge < -0.3 is 10.6 Å². The summed E-state index contributed by atoms with van der Waals surface area (Å²) in [6.45, 7) is 3.97. The molecular formula is C12H19BrN2. The number of hydrogen-bond acceptors (Lipinski definition) is 2. The van der Waals surface area contributed by atoms with Crippen molar-refractivity contribution in [2.75, 3.05) is 25.0 Å². The zero-order chi connectivity index (χ0) is 11.3. The monoisotopic (exact) mass is 270 g/mol. The fourth-order valence-corrected chi connectivity index (χ4v) is 2.15. The molecule has 0 amide bonds. The molecule has 0 aromatic heterocycles. The molecule has 2 nitrogen and oxygen atoms in total. The number of anilines is 1. The first-order valence-corrected chi connectivity index (χ1v) is 6.18. The van der Waals surface area contributed by atoms with Gasteiger partial charge in [0.1, 0.15) is 0 Å². The number of rotatable bonds is 5. The SMILES string of the molecule is CCCN(C)c1ccc(Br)cc1CCN. The first-order chi connectivity index (χ1) is 7.19. The molecular weight excluding hydrogens is 252 g/mol. The molecule has 0 unspecified atom stereocenters. The van der Waals surface area contributed by atoms with Crippen LogP contribution in [0.2, 0.25) is 0 Å². The molecule has 84 valence electrons. The van der Waals surface area contributed by atoms with Crippen molar-refractivity contribution in [2.24, 2.45) is 5.73 Å². The quantitative estimate of drug-likeness (QED) is 0.892. The van der Waals surface area contributed by atoms with E-state index in [9.17, 15) is 0 Å². The normalized spacial score (nSPS) is 10.4. The van der Waals surface area contributed by atoms with Crippen LogP contribution in [0, 0.1) is 0 Å². The van der Waals surface area contributed by atoms with Crippen LogP contribution in [0.4, 0.5) is 5.69 Å². The minimum absolute atomic E-state index is 0.698. The van der Waals surface area contributed by atoms with Crippen LogP contribution in [0.5, 0.6) is 0 Å². The molecule has 1 aromatic carbocycles. The Morgan fingerprint density at radius 2 is 2.13 bits per heavy atom. The van der Waals surface area contributed by atoms with Crippen LogP contribution < -0.4 is 10.6 Å². The van der Waals surface area contributed by atoms with E-state index in [4.69, 9.17) is 5.73 Å². The summed E-state index contributed by atoms with van der Waals surface area (Å²) in [5.74, 6) is 0. The molecule has 1 aromatic rings. The van der Waals surface area contributed by atoms with Crippen molar-refractivity contribution >= 4 is 21.6 Å². The topological polar surface area (TPSA) is 29.3 Å². The van der Waals surface area contributed by atoms with Gasteiger partial charge in [-0.25, -0.2) is 0 Å². The van der Waals surface area contributed by atoms with Crippen LogP contribution in [0.1, 0.15) is 18.9 Å².